The van der Waals surface area contributed by atoms with Crippen LogP contribution in [0.15, 0.2) is 23.3 Å². The van der Waals surface area contributed by atoms with E-state index in [-0.39, 0.29) is 23.0 Å². The number of amides is 1. The van der Waals surface area contributed by atoms with E-state index in [0.29, 0.717) is 6.04 Å². The number of ether oxygens (including phenoxy) is 1. The molecule has 1 unspecified atom stereocenters. The number of carbonyl (C=O) groups excluding carboxylic acids is 1. The van der Waals surface area contributed by atoms with Crippen molar-refractivity contribution in [3.05, 3.63) is 29.6 Å². The monoisotopic (exact) mass is 336 g/mol. The van der Waals surface area contributed by atoms with Gasteiger partial charge in [-0.2, -0.15) is 0 Å². The number of rotatable bonds is 4. The maximum absolute atomic E-state index is 12.1. The number of aromatic carboxylic acids is 1. The molecule has 8 nitrogen and oxygen atoms in total. The van der Waals surface area contributed by atoms with Crippen LogP contribution >= 0.6 is 0 Å². The van der Waals surface area contributed by atoms with Crippen molar-refractivity contribution in [1.29, 1.82) is 0 Å². The minimum atomic E-state index is -1.34. The van der Waals surface area contributed by atoms with Gasteiger partial charge in [0.15, 0.2) is 5.84 Å². The van der Waals surface area contributed by atoms with Crippen LogP contribution in [0.4, 0.5) is 0 Å². The molecule has 1 aromatic rings. The Labute approximate surface area is 141 Å². The van der Waals surface area contributed by atoms with E-state index >= 15 is 0 Å². The second kappa shape index (κ2) is 7.98. The first-order valence-corrected chi connectivity index (χ1v) is 7.56. The number of methoxy groups -OCH3 is 1. The Kier molecular flexibility index (Phi) is 6.56. The molecular formula is C16H24N4O4. The van der Waals surface area contributed by atoms with Crippen LogP contribution in [0.25, 0.3) is 0 Å². The Bertz CT molecular complexity index is 640. The summed E-state index contributed by atoms with van der Waals surface area (Å²) >= 11 is 0. The van der Waals surface area contributed by atoms with Gasteiger partial charge in [0.25, 0.3) is 5.91 Å². The summed E-state index contributed by atoms with van der Waals surface area (Å²) in [5.74, 6) is -1.65. The number of hydrogen-bond donors (Lipinski definition) is 3. The number of nitrogens with zero attached hydrogens (tertiary/aromatic N) is 2. The van der Waals surface area contributed by atoms with Crippen LogP contribution in [0, 0.1) is 5.92 Å². The van der Waals surface area contributed by atoms with E-state index in [2.05, 4.69) is 15.3 Å². The van der Waals surface area contributed by atoms with Crippen LogP contribution in [-0.2, 0) is 9.53 Å². The first-order valence-electron chi connectivity index (χ1n) is 7.56. The molecular weight excluding hydrogens is 312 g/mol. The molecule has 0 aliphatic carbocycles. The van der Waals surface area contributed by atoms with Crippen LogP contribution in [0.2, 0.25) is 0 Å². The first-order chi connectivity index (χ1) is 11.2. The maximum Gasteiger partial charge on any atom is 0.338 e. The van der Waals surface area contributed by atoms with Gasteiger partial charge in [0.2, 0.25) is 5.72 Å². The fourth-order valence-electron chi connectivity index (χ4n) is 2.09. The van der Waals surface area contributed by atoms with E-state index in [4.69, 9.17) is 15.6 Å². The topological polar surface area (TPSA) is 127 Å². The standard InChI is InChI=1S/C13H15N3O4.C3H9N/c1-7(2)13(20-3)12(19)15-10(16-13)9-8(11(17)18)5-4-6-14-9;1-3(2)4/h4-7H,1-3H3,(H,17,18)(H,15,16,19);3H,4H2,1-2H3. The van der Waals surface area contributed by atoms with Gasteiger partial charge in [0, 0.05) is 19.2 Å². The molecule has 0 bridgehead atoms. The molecule has 4 N–H and O–H groups in total. The van der Waals surface area contributed by atoms with Crippen molar-refractivity contribution >= 4 is 17.7 Å². The number of nitrogens with two attached hydrogens (primary N) is 1. The Balaban J connectivity index is 0.000000648. The van der Waals surface area contributed by atoms with Crippen molar-refractivity contribution in [3.8, 4) is 0 Å². The molecule has 1 aliphatic heterocycles. The number of nitrogens with one attached hydrogen (secondary N) is 1. The molecule has 1 atom stereocenters. The molecule has 1 aromatic heterocycles. The SMILES string of the molecule is CC(C)N.COC1(C(C)C)N=C(c2ncccc2C(=O)O)NC1=O. The highest BCUT2D eigenvalue weighted by molar-refractivity contribution is 6.17. The Morgan fingerprint density at radius 2 is 1.96 bits per heavy atom. The van der Waals surface area contributed by atoms with E-state index in [1.54, 1.807) is 13.8 Å². The molecule has 8 heteroatoms. The molecule has 0 saturated heterocycles. The molecule has 0 spiro atoms. The second-order valence-electron chi connectivity index (χ2n) is 5.92. The summed E-state index contributed by atoms with van der Waals surface area (Å²) in [7, 11) is 1.39. The number of aliphatic imine (C=N–C) groups is 1. The summed E-state index contributed by atoms with van der Waals surface area (Å²) in [4.78, 5) is 31.5. The van der Waals surface area contributed by atoms with Crippen molar-refractivity contribution in [3.63, 3.8) is 0 Å². The summed E-state index contributed by atoms with van der Waals surface area (Å²) in [6.45, 7) is 7.48. The largest absolute Gasteiger partial charge is 0.478 e. The lowest BCUT2D eigenvalue weighted by molar-refractivity contribution is -0.144. The zero-order chi connectivity index (χ0) is 18.5. The number of carboxylic acid groups (broad SMARTS) is 1. The Morgan fingerprint density at radius 3 is 2.38 bits per heavy atom. The molecule has 0 saturated carbocycles. The van der Waals surface area contributed by atoms with Crippen molar-refractivity contribution in [2.75, 3.05) is 7.11 Å². The number of hydrogen-bond acceptors (Lipinski definition) is 6. The summed E-state index contributed by atoms with van der Waals surface area (Å²) in [5.41, 5.74) is 3.86. The van der Waals surface area contributed by atoms with Gasteiger partial charge in [0.05, 0.1) is 5.56 Å². The minimum absolute atomic E-state index is 0.0257. The summed E-state index contributed by atoms with van der Waals surface area (Å²) in [6, 6.07) is 3.25. The first kappa shape index (κ1) is 19.7. The highest BCUT2D eigenvalue weighted by Gasteiger charge is 2.47. The third-order valence-corrected chi connectivity index (χ3v) is 3.19. The molecule has 0 radical (unpaired) electrons. The average molecular weight is 336 g/mol. The minimum Gasteiger partial charge on any atom is -0.478 e. The zero-order valence-electron chi connectivity index (χ0n) is 14.5. The van der Waals surface area contributed by atoms with E-state index in [1.165, 1.54) is 25.4 Å². The Hall–Kier alpha value is -2.32. The molecule has 0 fully saturated rings. The second-order valence-corrected chi connectivity index (χ2v) is 5.92. The van der Waals surface area contributed by atoms with Gasteiger partial charge in [-0.25, -0.2) is 9.79 Å². The van der Waals surface area contributed by atoms with Gasteiger partial charge in [-0.3, -0.25) is 9.78 Å². The number of carbonyl (C=O) groups is 2. The molecule has 1 aliphatic rings. The lowest BCUT2D eigenvalue weighted by Gasteiger charge is -2.25. The number of amidine groups is 1. The van der Waals surface area contributed by atoms with Gasteiger partial charge in [-0.15, -0.1) is 0 Å². The fourth-order valence-corrected chi connectivity index (χ4v) is 2.09. The highest BCUT2D eigenvalue weighted by atomic mass is 16.5. The van der Waals surface area contributed by atoms with Gasteiger partial charge in [-0.1, -0.05) is 27.7 Å². The van der Waals surface area contributed by atoms with Crippen LogP contribution < -0.4 is 11.1 Å². The number of carboxylic acids is 1. The quantitative estimate of drug-likeness (QED) is 0.753. The highest BCUT2D eigenvalue weighted by Crippen LogP contribution is 2.28. The average Bonchev–Trinajstić information content (AvgIpc) is 2.84. The van der Waals surface area contributed by atoms with E-state index < -0.39 is 17.6 Å². The van der Waals surface area contributed by atoms with Crippen molar-refractivity contribution in [2.45, 2.75) is 39.5 Å². The van der Waals surface area contributed by atoms with Gasteiger partial charge < -0.3 is 20.9 Å². The lowest BCUT2D eigenvalue weighted by atomic mass is 10.0. The van der Waals surface area contributed by atoms with Gasteiger partial charge >= 0.3 is 5.97 Å². The van der Waals surface area contributed by atoms with Crippen LogP contribution in [0.5, 0.6) is 0 Å². The number of aromatic nitrogens is 1. The molecule has 2 heterocycles. The molecule has 2 rings (SSSR count). The zero-order valence-corrected chi connectivity index (χ0v) is 14.5. The van der Waals surface area contributed by atoms with Crippen LogP contribution in [0.3, 0.4) is 0 Å². The summed E-state index contributed by atoms with van der Waals surface area (Å²) < 4.78 is 5.25. The lowest BCUT2D eigenvalue weighted by Crippen LogP contribution is -2.45. The summed E-state index contributed by atoms with van der Waals surface area (Å²) in [5, 5.41) is 11.7. The number of pyridine rings is 1. The summed E-state index contributed by atoms with van der Waals surface area (Å²) in [6.07, 6.45) is 1.44. The van der Waals surface area contributed by atoms with Crippen molar-refractivity contribution in [1.82, 2.24) is 10.3 Å². The maximum atomic E-state index is 12.1. The third kappa shape index (κ3) is 4.15. The van der Waals surface area contributed by atoms with E-state index in [1.807, 2.05) is 13.8 Å². The van der Waals surface area contributed by atoms with E-state index in [0.717, 1.165) is 0 Å². The predicted octanol–water partition coefficient (Wildman–Crippen LogP) is 1.01. The third-order valence-electron chi connectivity index (χ3n) is 3.19. The van der Waals surface area contributed by atoms with Crippen molar-refractivity contribution in [2.24, 2.45) is 16.6 Å². The van der Waals surface area contributed by atoms with Gasteiger partial charge in [0.1, 0.15) is 5.69 Å². The Morgan fingerprint density at radius 1 is 1.38 bits per heavy atom. The van der Waals surface area contributed by atoms with Crippen LogP contribution in [0.1, 0.15) is 43.7 Å². The normalized spacial score (nSPS) is 19.7. The van der Waals surface area contributed by atoms with Gasteiger partial charge in [-0.05, 0) is 18.2 Å². The molecule has 1 amide bonds. The fraction of sp³-hybridized carbons (Fsp3) is 0.500. The van der Waals surface area contributed by atoms with E-state index in [9.17, 15) is 9.59 Å². The smallest absolute Gasteiger partial charge is 0.338 e. The molecule has 24 heavy (non-hydrogen) atoms. The molecule has 132 valence electrons. The van der Waals surface area contributed by atoms with Crippen LogP contribution in [-0.4, -0.2) is 46.7 Å². The van der Waals surface area contributed by atoms with Crippen molar-refractivity contribution < 1.29 is 19.4 Å². The predicted molar refractivity (Wildman–Crippen MR) is 89.8 cm³/mol. The molecule has 0 aromatic carbocycles.